The van der Waals surface area contributed by atoms with Crippen LogP contribution in [0.3, 0.4) is 0 Å². The van der Waals surface area contributed by atoms with Crippen LogP contribution < -0.4 is 0 Å². The molecule has 0 radical (unpaired) electrons. The van der Waals surface area contributed by atoms with Gasteiger partial charge in [-0.25, -0.2) is 17.6 Å². The molecule has 0 N–H and O–H groups in total. The zero-order valence-corrected chi connectivity index (χ0v) is 18.0. The smallest absolute Gasteiger partial charge is 0.195 e. The Morgan fingerprint density at radius 2 is 1.70 bits per heavy atom. The Kier molecular flexibility index (Phi) is 7.29. The third-order valence-corrected chi connectivity index (χ3v) is 5.45. The fraction of sp³-hybridized carbons (Fsp3) is 0.308. The highest BCUT2D eigenvalue weighted by molar-refractivity contribution is 5.84. The first-order chi connectivity index (χ1) is 15.9. The van der Waals surface area contributed by atoms with Gasteiger partial charge in [0.05, 0.1) is 25.4 Å². The second kappa shape index (κ2) is 10.3. The van der Waals surface area contributed by atoms with Crippen molar-refractivity contribution in [3.63, 3.8) is 0 Å². The van der Waals surface area contributed by atoms with Crippen LogP contribution in [0.15, 0.2) is 42.5 Å². The molecule has 1 aliphatic rings. The van der Waals surface area contributed by atoms with E-state index in [2.05, 4.69) is 11.8 Å². The summed E-state index contributed by atoms with van der Waals surface area (Å²) in [5.41, 5.74) is 1.42. The number of hydrogen-bond donors (Lipinski definition) is 0. The van der Waals surface area contributed by atoms with Gasteiger partial charge in [0, 0.05) is 30.4 Å². The molecule has 1 fully saturated rings. The van der Waals surface area contributed by atoms with Crippen molar-refractivity contribution in [3.8, 4) is 11.8 Å². The summed E-state index contributed by atoms with van der Waals surface area (Å²) in [6, 6.07) is 9.94. The minimum atomic E-state index is -1.51. The molecule has 0 atom stereocenters. The fourth-order valence-electron chi connectivity index (χ4n) is 3.70. The standard InChI is InChI=1S/C26H22F4O3/c1-31-13-18-14-32-24(33-15-18)9-5-17-3-7-19(22(27)11-17)6-2-16-4-8-21-20(10-16)12-23(28)26(30)25(21)29/h3-4,7-8,10-12,18,24H,5,9,13-15H2,1H3. The van der Waals surface area contributed by atoms with Crippen molar-refractivity contribution in [1.82, 2.24) is 0 Å². The zero-order chi connectivity index (χ0) is 23.4. The Bertz CT molecular complexity index is 1210. The van der Waals surface area contributed by atoms with Gasteiger partial charge in [0.1, 0.15) is 5.82 Å². The maximum Gasteiger partial charge on any atom is 0.195 e. The van der Waals surface area contributed by atoms with Crippen molar-refractivity contribution in [3.05, 3.63) is 82.4 Å². The predicted octanol–water partition coefficient (Wildman–Crippen LogP) is 5.36. The Labute approximate surface area is 189 Å². The minimum Gasteiger partial charge on any atom is -0.384 e. The minimum absolute atomic E-state index is 0.0462. The summed E-state index contributed by atoms with van der Waals surface area (Å²) in [4.78, 5) is 0. The van der Waals surface area contributed by atoms with Gasteiger partial charge in [0.2, 0.25) is 0 Å². The summed E-state index contributed by atoms with van der Waals surface area (Å²) in [6.07, 6.45) is 0.870. The van der Waals surface area contributed by atoms with Crippen molar-refractivity contribution in [2.45, 2.75) is 19.1 Å². The lowest BCUT2D eigenvalue weighted by molar-refractivity contribution is -0.208. The maximum atomic E-state index is 14.5. The van der Waals surface area contributed by atoms with Crippen LogP contribution in [0, 0.1) is 41.0 Å². The highest BCUT2D eigenvalue weighted by Crippen LogP contribution is 2.24. The van der Waals surface area contributed by atoms with Crippen molar-refractivity contribution in [1.29, 1.82) is 0 Å². The molecule has 1 aliphatic heterocycles. The molecule has 3 nitrogen and oxygen atoms in total. The third-order valence-electron chi connectivity index (χ3n) is 5.45. The molecule has 3 aromatic carbocycles. The number of methoxy groups -OCH3 is 1. The van der Waals surface area contributed by atoms with Crippen LogP contribution in [0.4, 0.5) is 17.6 Å². The number of ether oxygens (including phenoxy) is 3. The highest BCUT2D eigenvalue weighted by Gasteiger charge is 2.22. The average Bonchev–Trinajstić information content (AvgIpc) is 2.81. The van der Waals surface area contributed by atoms with Gasteiger partial charge < -0.3 is 14.2 Å². The fourth-order valence-corrected chi connectivity index (χ4v) is 3.70. The Balaban J connectivity index is 1.41. The van der Waals surface area contributed by atoms with Gasteiger partial charge in [-0.2, -0.15) is 0 Å². The van der Waals surface area contributed by atoms with Crippen molar-refractivity contribution in [2.24, 2.45) is 5.92 Å². The maximum absolute atomic E-state index is 14.5. The molecule has 0 bridgehead atoms. The number of rotatable bonds is 5. The molecular weight excluding hydrogens is 436 g/mol. The number of aryl methyl sites for hydroxylation is 1. The lowest BCUT2D eigenvalue weighted by Gasteiger charge is -2.29. The molecule has 1 saturated heterocycles. The van der Waals surface area contributed by atoms with E-state index in [0.29, 0.717) is 38.2 Å². The summed E-state index contributed by atoms with van der Waals surface area (Å²) in [5, 5.41) is 0.129. The van der Waals surface area contributed by atoms with Crippen LogP contribution in [-0.4, -0.2) is 33.2 Å². The van der Waals surface area contributed by atoms with Gasteiger partial charge >= 0.3 is 0 Å². The average molecular weight is 458 g/mol. The molecule has 7 heteroatoms. The van der Waals surface area contributed by atoms with Gasteiger partial charge in [-0.1, -0.05) is 24.0 Å². The van der Waals surface area contributed by atoms with Crippen LogP contribution in [0.2, 0.25) is 0 Å². The largest absolute Gasteiger partial charge is 0.384 e. The second-order valence-electron chi connectivity index (χ2n) is 7.94. The molecule has 0 aliphatic carbocycles. The topological polar surface area (TPSA) is 27.7 Å². The van der Waals surface area contributed by atoms with Crippen molar-refractivity contribution in [2.75, 3.05) is 26.9 Å². The molecule has 172 valence electrons. The van der Waals surface area contributed by atoms with E-state index in [1.807, 2.05) is 0 Å². The number of hydrogen-bond acceptors (Lipinski definition) is 3. The van der Waals surface area contributed by atoms with Gasteiger partial charge in [-0.05, 0) is 47.7 Å². The van der Waals surface area contributed by atoms with Gasteiger partial charge in [-0.3, -0.25) is 0 Å². The van der Waals surface area contributed by atoms with E-state index in [-0.39, 0.29) is 28.5 Å². The lowest BCUT2D eigenvalue weighted by atomic mass is 10.0. The molecule has 0 unspecified atom stereocenters. The van der Waals surface area contributed by atoms with Gasteiger partial charge in [0.15, 0.2) is 23.7 Å². The monoisotopic (exact) mass is 458 g/mol. The second-order valence-corrected chi connectivity index (χ2v) is 7.94. The molecule has 0 aromatic heterocycles. The first-order valence-electron chi connectivity index (χ1n) is 10.5. The van der Waals surface area contributed by atoms with Gasteiger partial charge in [-0.15, -0.1) is 0 Å². The van der Waals surface area contributed by atoms with E-state index < -0.39 is 23.3 Å². The highest BCUT2D eigenvalue weighted by atomic mass is 19.2. The van der Waals surface area contributed by atoms with Crippen LogP contribution >= 0.6 is 0 Å². The quantitative estimate of drug-likeness (QED) is 0.293. The first kappa shape index (κ1) is 23.2. The molecule has 4 rings (SSSR count). The molecule has 0 spiro atoms. The summed E-state index contributed by atoms with van der Waals surface area (Å²) in [7, 11) is 1.64. The Morgan fingerprint density at radius 1 is 0.909 bits per heavy atom. The number of halogens is 4. The molecule has 0 saturated carbocycles. The van der Waals surface area contributed by atoms with Crippen LogP contribution in [-0.2, 0) is 20.6 Å². The van der Waals surface area contributed by atoms with E-state index in [1.54, 1.807) is 19.2 Å². The molecular formula is C26H22F4O3. The summed E-state index contributed by atoms with van der Waals surface area (Å²) < 4.78 is 71.7. The first-order valence-corrected chi connectivity index (χ1v) is 10.5. The van der Waals surface area contributed by atoms with E-state index in [9.17, 15) is 17.6 Å². The molecule has 0 amide bonds. The SMILES string of the molecule is COCC1COC(CCc2ccc(C#Cc3ccc4c(F)c(F)c(F)cc4c3)c(F)c2)OC1. The lowest BCUT2D eigenvalue weighted by Crippen LogP contribution is -2.34. The van der Waals surface area contributed by atoms with E-state index in [0.717, 1.165) is 11.6 Å². The summed E-state index contributed by atoms with van der Waals surface area (Å²) >= 11 is 0. The van der Waals surface area contributed by atoms with E-state index in [1.165, 1.54) is 24.3 Å². The van der Waals surface area contributed by atoms with Crippen LogP contribution in [0.1, 0.15) is 23.1 Å². The van der Waals surface area contributed by atoms with Crippen molar-refractivity contribution >= 4 is 10.8 Å². The van der Waals surface area contributed by atoms with Crippen molar-refractivity contribution < 1.29 is 31.8 Å². The Hall–Kier alpha value is -2.92. The molecule has 3 aromatic rings. The summed E-state index contributed by atoms with van der Waals surface area (Å²) in [5.74, 6) is 1.25. The van der Waals surface area contributed by atoms with Crippen LogP contribution in [0.5, 0.6) is 0 Å². The van der Waals surface area contributed by atoms with E-state index >= 15 is 0 Å². The van der Waals surface area contributed by atoms with Crippen LogP contribution in [0.25, 0.3) is 10.8 Å². The normalized spacial score (nSPS) is 18.2. The molecule has 1 heterocycles. The predicted molar refractivity (Wildman–Crippen MR) is 116 cm³/mol. The third kappa shape index (κ3) is 5.53. The van der Waals surface area contributed by atoms with E-state index in [4.69, 9.17) is 14.2 Å². The van der Waals surface area contributed by atoms with Gasteiger partial charge in [0.25, 0.3) is 0 Å². The Morgan fingerprint density at radius 3 is 2.42 bits per heavy atom. The summed E-state index contributed by atoms with van der Waals surface area (Å²) in [6.45, 7) is 1.74. The molecule has 33 heavy (non-hydrogen) atoms. The number of benzene rings is 3. The number of fused-ring (bicyclic) bond motifs is 1. The zero-order valence-electron chi connectivity index (χ0n) is 18.0.